The summed E-state index contributed by atoms with van der Waals surface area (Å²) in [6, 6.07) is 5.11. The van der Waals surface area contributed by atoms with Crippen LogP contribution in [0.5, 0.6) is 0 Å². The molecule has 1 heterocycles. The zero-order valence-electron chi connectivity index (χ0n) is 9.35. The Kier molecular flexibility index (Phi) is 4.71. The van der Waals surface area contributed by atoms with E-state index in [1.54, 1.807) is 36.4 Å². The fraction of sp³-hybridized carbons (Fsp3) is 0.0909. The van der Waals surface area contributed by atoms with Gasteiger partial charge in [0.25, 0.3) is 5.91 Å². The Hall–Kier alpha value is -1.82. The highest BCUT2D eigenvalue weighted by molar-refractivity contribution is 9.11. The van der Waals surface area contributed by atoms with Crippen molar-refractivity contribution in [3.8, 4) is 0 Å². The van der Waals surface area contributed by atoms with Crippen LogP contribution in [0.4, 0.5) is 11.6 Å². The Morgan fingerprint density at radius 2 is 2.35 bits per heavy atom. The predicted octanol–water partition coefficient (Wildman–Crippen LogP) is 1.91. The van der Waals surface area contributed by atoms with Crippen LogP contribution < -0.4 is 11.1 Å². The first-order valence-electron chi connectivity index (χ1n) is 4.77. The van der Waals surface area contributed by atoms with E-state index in [0.717, 1.165) is 0 Å². The molecule has 0 aromatic carbocycles. The number of nitrogens with zero attached hydrogens (tertiary/aromatic N) is 2. The lowest BCUT2D eigenvalue weighted by atomic mass is 10.4. The second-order valence-corrected chi connectivity index (χ2v) is 3.77. The molecule has 1 aromatic rings. The van der Waals surface area contributed by atoms with Gasteiger partial charge in [-0.1, -0.05) is 28.6 Å². The van der Waals surface area contributed by atoms with Crippen molar-refractivity contribution in [3.63, 3.8) is 0 Å². The monoisotopic (exact) mass is 296 g/mol. The summed E-state index contributed by atoms with van der Waals surface area (Å²) in [5.41, 5.74) is 5.74. The van der Waals surface area contributed by atoms with E-state index >= 15 is 0 Å². The smallest absolute Gasteiger partial charge is 0.273 e. The summed E-state index contributed by atoms with van der Waals surface area (Å²) < 4.78 is 0. The quantitative estimate of drug-likeness (QED) is 0.833. The highest BCUT2D eigenvalue weighted by Crippen LogP contribution is 2.09. The molecule has 0 radical (unpaired) electrons. The van der Waals surface area contributed by atoms with Crippen LogP contribution in [-0.4, -0.2) is 22.8 Å². The molecule has 0 atom stereocenters. The topological polar surface area (TPSA) is 71.2 Å². The van der Waals surface area contributed by atoms with E-state index in [2.05, 4.69) is 32.8 Å². The van der Waals surface area contributed by atoms with Gasteiger partial charge in [0, 0.05) is 13.2 Å². The van der Waals surface area contributed by atoms with Gasteiger partial charge in [-0.2, -0.15) is 0 Å². The Labute approximate surface area is 108 Å². The van der Waals surface area contributed by atoms with Crippen molar-refractivity contribution in [3.05, 3.63) is 41.7 Å². The summed E-state index contributed by atoms with van der Waals surface area (Å²) in [5, 5.41) is 2.80. The molecule has 0 bridgehead atoms. The minimum absolute atomic E-state index is 0.219. The number of rotatable bonds is 4. The number of amides is 1. The maximum Gasteiger partial charge on any atom is 0.273 e. The van der Waals surface area contributed by atoms with Crippen LogP contribution in [0.2, 0.25) is 0 Å². The minimum atomic E-state index is -0.259. The molecule has 1 amide bonds. The fourth-order valence-corrected chi connectivity index (χ4v) is 1.45. The maximum atomic E-state index is 11.8. The van der Waals surface area contributed by atoms with E-state index in [0.29, 0.717) is 11.6 Å². The van der Waals surface area contributed by atoms with E-state index in [9.17, 15) is 4.79 Å². The summed E-state index contributed by atoms with van der Waals surface area (Å²) in [4.78, 5) is 18.7. The van der Waals surface area contributed by atoms with Crippen molar-refractivity contribution < 1.29 is 4.79 Å². The van der Waals surface area contributed by atoms with Crippen molar-refractivity contribution in [1.82, 2.24) is 9.88 Å². The predicted molar refractivity (Wildman–Crippen MR) is 72.2 cm³/mol. The molecule has 17 heavy (non-hydrogen) atoms. The third-order valence-electron chi connectivity index (χ3n) is 1.91. The van der Waals surface area contributed by atoms with Crippen LogP contribution in [0.15, 0.2) is 41.7 Å². The van der Waals surface area contributed by atoms with E-state index in [4.69, 9.17) is 5.73 Å². The summed E-state index contributed by atoms with van der Waals surface area (Å²) in [5.74, 6) is 0.605. The molecule has 5 nitrogen and oxygen atoms in total. The molecule has 0 spiro atoms. The van der Waals surface area contributed by atoms with Crippen molar-refractivity contribution in [2.24, 2.45) is 0 Å². The summed E-state index contributed by atoms with van der Waals surface area (Å²) in [6.45, 7) is 3.65. The Balaban J connectivity index is 2.69. The third-order valence-corrected chi connectivity index (χ3v) is 2.14. The molecule has 0 saturated heterocycles. The van der Waals surface area contributed by atoms with Gasteiger partial charge in [0.05, 0.1) is 5.70 Å². The number of nitrogens with one attached hydrogen (secondary N) is 1. The molecule has 0 saturated carbocycles. The fourth-order valence-electron chi connectivity index (χ4n) is 1.09. The zero-order valence-corrected chi connectivity index (χ0v) is 10.9. The number of carbonyl (C=O) groups is 1. The van der Waals surface area contributed by atoms with E-state index in [1.165, 1.54) is 4.90 Å². The SMILES string of the molecule is C=C(Nc1cccc(N)n1)C(=O)N(C)/C=C/Br. The summed E-state index contributed by atoms with van der Waals surface area (Å²) in [6.07, 6.45) is 1.57. The molecule has 0 aliphatic rings. The molecule has 90 valence electrons. The van der Waals surface area contributed by atoms with Gasteiger partial charge in [0.15, 0.2) is 0 Å². The van der Waals surface area contributed by atoms with Crippen LogP contribution in [0.25, 0.3) is 0 Å². The standard InChI is InChI=1S/C11H13BrN4O/c1-8(11(17)16(2)7-6-12)14-10-5-3-4-9(13)15-10/h3-7H,1H2,2H3,(H3,13,14,15)/b7-6+. The number of likely N-dealkylation sites (N-methyl/N-ethyl adjacent to an activating group) is 1. The van der Waals surface area contributed by atoms with E-state index in [-0.39, 0.29) is 11.6 Å². The van der Waals surface area contributed by atoms with Gasteiger partial charge in [-0.3, -0.25) is 4.79 Å². The highest BCUT2D eigenvalue weighted by Gasteiger charge is 2.11. The summed E-state index contributed by atoms with van der Waals surface area (Å²) >= 11 is 3.09. The molecule has 1 aromatic heterocycles. The number of nitrogen functional groups attached to an aromatic ring is 1. The number of aromatic nitrogens is 1. The lowest BCUT2D eigenvalue weighted by Crippen LogP contribution is -2.25. The van der Waals surface area contributed by atoms with Crippen molar-refractivity contribution in [1.29, 1.82) is 0 Å². The van der Waals surface area contributed by atoms with E-state index < -0.39 is 0 Å². The van der Waals surface area contributed by atoms with Gasteiger partial charge in [0.1, 0.15) is 11.6 Å². The molecular weight excluding hydrogens is 284 g/mol. The zero-order chi connectivity index (χ0) is 12.8. The molecule has 1 rings (SSSR count). The van der Waals surface area contributed by atoms with Gasteiger partial charge < -0.3 is 16.0 Å². The molecular formula is C11H13BrN4O. The Morgan fingerprint density at radius 3 is 2.94 bits per heavy atom. The molecule has 6 heteroatoms. The number of halogens is 1. The third kappa shape index (κ3) is 3.92. The minimum Gasteiger partial charge on any atom is -0.384 e. The number of anilines is 2. The average Bonchev–Trinajstić information content (AvgIpc) is 2.28. The van der Waals surface area contributed by atoms with Gasteiger partial charge in [-0.25, -0.2) is 4.98 Å². The van der Waals surface area contributed by atoms with Gasteiger partial charge >= 0.3 is 0 Å². The molecule has 0 fully saturated rings. The van der Waals surface area contributed by atoms with Crippen LogP contribution in [0.3, 0.4) is 0 Å². The van der Waals surface area contributed by atoms with Gasteiger partial charge in [0.2, 0.25) is 0 Å². The normalized spacial score (nSPS) is 10.2. The van der Waals surface area contributed by atoms with Crippen LogP contribution in [0, 0.1) is 0 Å². The first-order chi connectivity index (χ1) is 8.04. The number of hydrogen-bond acceptors (Lipinski definition) is 4. The number of carbonyl (C=O) groups excluding carboxylic acids is 1. The molecule has 3 N–H and O–H groups in total. The highest BCUT2D eigenvalue weighted by atomic mass is 79.9. The van der Waals surface area contributed by atoms with E-state index in [1.807, 2.05) is 0 Å². The second kappa shape index (κ2) is 6.05. The molecule has 0 aliphatic carbocycles. The first kappa shape index (κ1) is 13.2. The van der Waals surface area contributed by atoms with Crippen LogP contribution in [0.1, 0.15) is 0 Å². The van der Waals surface area contributed by atoms with Crippen LogP contribution >= 0.6 is 15.9 Å². The second-order valence-electron chi connectivity index (χ2n) is 3.24. The summed E-state index contributed by atoms with van der Waals surface area (Å²) in [7, 11) is 1.62. The number of hydrogen-bond donors (Lipinski definition) is 2. The van der Waals surface area contributed by atoms with Crippen molar-refractivity contribution in [2.45, 2.75) is 0 Å². The molecule has 0 aliphatic heterocycles. The lowest BCUT2D eigenvalue weighted by molar-refractivity contribution is -0.123. The average molecular weight is 297 g/mol. The van der Waals surface area contributed by atoms with Crippen molar-refractivity contribution >= 4 is 33.5 Å². The van der Waals surface area contributed by atoms with Crippen molar-refractivity contribution in [2.75, 3.05) is 18.1 Å². The Morgan fingerprint density at radius 1 is 1.65 bits per heavy atom. The lowest BCUT2D eigenvalue weighted by Gasteiger charge is -2.14. The number of nitrogens with two attached hydrogens (primary N) is 1. The Bertz CT molecular complexity index is 459. The van der Waals surface area contributed by atoms with Crippen LogP contribution in [-0.2, 0) is 4.79 Å². The maximum absolute atomic E-state index is 11.8. The first-order valence-corrected chi connectivity index (χ1v) is 5.68. The number of pyridine rings is 1. The molecule has 0 unspecified atom stereocenters. The van der Waals surface area contributed by atoms with Gasteiger partial charge in [-0.15, -0.1) is 0 Å². The largest absolute Gasteiger partial charge is 0.384 e. The van der Waals surface area contributed by atoms with Gasteiger partial charge in [-0.05, 0) is 17.1 Å².